The van der Waals surface area contributed by atoms with Crippen molar-refractivity contribution < 1.29 is 9.53 Å². The fourth-order valence-electron chi connectivity index (χ4n) is 3.73. The van der Waals surface area contributed by atoms with E-state index >= 15 is 0 Å². The predicted molar refractivity (Wildman–Crippen MR) is 110 cm³/mol. The molecular formula is C19H26N4O2S2. The number of aromatic nitrogens is 2. The summed E-state index contributed by atoms with van der Waals surface area (Å²) in [5, 5.41) is 1.56. The van der Waals surface area contributed by atoms with Crippen LogP contribution in [0.1, 0.15) is 50.0 Å². The number of carbonyl (C=O) groups excluding carboxylic acids is 1. The first-order valence-corrected chi connectivity index (χ1v) is 11.4. The molecule has 2 aliphatic rings. The number of carbonyl (C=O) groups is 1. The van der Waals surface area contributed by atoms with Gasteiger partial charge in [0.2, 0.25) is 5.91 Å². The van der Waals surface area contributed by atoms with E-state index in [4.69, 9.17) is 15.5 Å². The van der Waals surface area contributed by atoms with Gasteiger partial charge >= 0.3 is 0 Å². The highest BCUT2D eigenvalue weighted by Gasteiger charge is 2.33. The van der Waals surface area contributed by atoms with Gasteiger partial charge < -0.3 is 15.4 Å². The molecule has 2 N–H and O–H groups in total. The summed E-state index contributed by atoms with van der Waals surface area (Å²) in [6, 6.07) is 0. The minimum Gasteiger partial charge on any atom is -0.383 e. The predicted octanol–water partition coefficient (Wildman–Crippen LogP) is 3.62. The van der Waals surface area contributed by atoms with E-state index in [1.54, 1.807) is 11.3 Å². The van der Waals surface area contributed by atoms with Gasteiger partial charge in [-0.2, -0.15) is 0 Å². The molecule has 4 heterocycles. The second kappa shape index (κ2) is 7.56. The highest BCUT2D eigenvalue weighted by atomic mass is 32.2. The zero-order valence-electron chi connectivity index (χ0n) is 15.9. The summed E-state index contributed by atoms with van der Waals surface area (Å²) >= 11 is 3.02. The number of anilines is 1. The molecule has 0 bridgehead atoms. The zero-order valence-corrected chi connectivity index (χ0v) is 17.5. The summed E-state index contributed by atoms with van der Waals surface area (Å²) < 4.78 is 6.05. The quantitative estimate of drug-likeness (QED) is 0.617. The van der Waals surface area contributed by atoms with Crippen molar-refractivity contribution in [3.05, 3.63) is 10.4 Å². The third kappa shape index (κ3) is 3.79. The topological polar surface area (TPSA) is 81.3 Å². The number of hydrogen-bond acceptors (Lipinski definition) is 7. The molecule has 2 aliphatic heterocycles. The first kappa shape index (κ1) is 19.0. The number of fused-ring (bicyclic) bond motifs is 3. The fourth-order valence-corrected chi connectivity index (χ4v) is 5.65. The SMILES string of the molecule is CCC1(C)Cc2c(sc3nc(SCC(=O)N4CCCCC4)nc(N)c23)CO1. The number of amides is 1. The molecule has 1 saturated heterocycles. The normalized spacial score (nSPS) is 22.8. The Morgan fingerprint density at radius 1 is 1.33 bits per heavy atom. The molecule has 27 heavy (non-hydrogen) atoms. The molecule has 0 radical (unpaired) electrons. The number of nitrogens with zero attached hydrogens (tertiary/aromatic N) is 3. The van der Waals surface area contributed by atoms with E-state index < -0.39 is 0 Å². The lowest BCUT2D eigenvalue weighted by molar-refractivity contribution is -0.129. The van der Waals surface area contributed by atoms with Crippen LogP contribution in [0.25, 0.3) is 10.2 Å². The van der Waals surface area contributed by atoms with Crippen molar-refractivity contribution in [2.24, 2.45) is 0 Å². The van der Waals surface area contributed by atoms with Gasteiger partial charge in [-0.15, -0.1) is 11.3 Å². The van der Waals surface area contributed by atoms with E-state index in [0.29, 0.717) is 23.3 Å². The van der Waals surface area contributed by atoms with Gasteiger partial charge in [-0.25, -0.2) is 9.97 Å². The first-order chi connectivity index (χ1) is 13.0. The van der Waals surface area contributed by atoms with Gasteiger partial charge in [0.25, 0.3) is 0 Å². The van der Waals surface area contributed by atoms with Crippen molar-refractivity contribution in [1.82, 2.24) is 14.9 Å². The average molecular weight is 407 g/mol. The minimum atomic E-state index is -0.151. The van der Waals surface area contributed by atoms with Gasteiger partial charge in [0.1, 0.15) is 10.6 Å². The summed E-state index contributed by atoms with van der Waals surface area (Å²) in [5.74, 6) is 1.05. The number of piperidine rings is 1. The van der Waals surface area contributed by atoms with Crippen LogP contribution in [0.3, 0.4) is 0 Å². The number of nitrogens with two attached hydrogens (primary N) is 1. The molecule has 4 rings (SSSR count). The highest BCUT2D eigenvalue weighted by molar-refractivity contribution is 7.99. The van der Waals surface area contributed by atoms with Crippen LogP contribution in [0.2, 0.25) is 0 Å². The molecule has 6 nitrogen and oxygen atoms in total. The van der Waals surface area contributed by atoms with Crippen LogP contribution >= 0.6 is 23.1 Å². The summed E-state index contributed by atoms with van der Waals surface area (Å²) in [4.78, 5) is 25.6. The van der Waals surface area contributed by atoms with E-state index in [1.165, 1.54) is 28.6 Å². The summed E-state index contributed by atoms with van der Waals surface area (Å²) in [5.41, 5.74) is 7.40. The van der Waals surface area contributed by atoms with Crippen LogP contribution in [0, 0.1) is 0 Å². The number of thioether (sulfide) groups is 1. The van der Waals surface area contributed by atoms with Crippen LogP contribution in [0.15, 0.2) is 5.16 Å². The second-order valence-electron chi connectivity index (χ2n) is 7.57. The van der Waals surface area contributed by atoms with E-state index in [2.05, 4.69) is 18.8 Å². The Balaban J connectivity index is 1.53. The minimum absolute atomic E-state index is 0.151. The number of ether oxygens (including phenoxy) is 1. The van der Waals surface area contributed by atoms with E-state index in [-0.39, 0.29) is 11.5 Å². The molecule has 146 valence electrons. The lowest BCUT2D eigenvalue weighted by atomic mass is 9.90. The van der Waals surface area contributed by atoms with E-state index in [0.717, 1.165) is 49.0 Å². The standard InChI is InChI=1S/C19H26N4O2S2/c1-3-19(2)9-12-13(10-25-19)27-17-15(12)16(20)21-18(22-17)26-11-14(24)23-7-5-4-6-8-23/h3-11H2,1-2H3,(H2,20,21,22). The molecule has 1 unspecified atom stereocenters. The third-order valence-corrected chi connectivity index (χ3v) is 7.56. The molecule has 0 aliphatic carbocycles. The van der Waals surface area contributed by atoms with Crippen LogP contribution < -0.4 is 5.73 Å². The zero-order chi connectivity index (χ0) is 19.0. The molecule has 8 heteroatoms. The van der Waals surface area contributed by atoms with Crippen molar-refractivity contribution in [3.8, 4) is 0 Å². The molecular weight excluding hydrogens is 380 g/mol. The maximum atomic E-state index is 12.4. The molecule has 0 spiro atoms. The van der Waals surface area contributed by atoms with E-state index in [9.17, 15) is 4.79 Å². The maximum absolute atomic E-state index is 12.4. The maximum Gasteiger partial charge on any atom is 0.233 e. The number of nitrogen functional groups attached to an aromatic ring is 1. The second-order valence-corrected chi connectivity index (χ2v) is 9.60. The molecule has 1 amide bonds. The Bertz CT molecular complexity index is 863. The summed E-state index contributed by atoms with van der Waals surface area (Å²) in [6.45, 7) is 6.64. The van der Waals surface area contributed by atoms with Crippen LogP contribution in [-0.2, 0) is 22.6 Å². The van der Waals surface area contributed by atoms with E-state index in [1.807, 2.05) is 4.90 Å². The third-order valence-electron chi connectivity index (χ3n) is 5.63. The lowest BCUT2D eigenvalue weighted by Crippen LogP contribution is -2.36. The number of likely N-dealkylation sites (tertiary alicyclic amines) is 1. The van der Waals surface area contributed by atoms with Crippen LogP contribution in [0.5, 0.6) is 0 Å². The smallest absolute Gasteiger partial charge is 0.233 e. The number of thiophene rings is 1. The van der Waals surface area contributed by atoms with Crippen molar-refractivity contribution in [3.63, 3.8) is 0 Å². The average Bonchev–Trinajstić information content (AvgIpc) is 3.04. The van der Waals surface area contributed by atoms with Crippen molar-refractivity contribution in [2.75, 3.05) is 24.6 Å². The highest BCUT2D eigenvalue weighted by Crippen LogP contribution is 2.41. The van der Waals surface area contributed by atoms with Gasteiger partial charge in [-0.05, 0) is 38.2 Å². The summed E-state index contributed by atoms with van der Waals surface area (Å²) in [7, 11) is 0. The first-order valence-electron chi connectivity index (χ1n) is 9.61. The molecule has 0 aromatic carbocycles. The van der Waals surface area contributed by atoms with Gasteiger partial charge in [-0.3, -0.25) is 4.79 Å². The molecule has 1 atom stereocenters. The monoisotopic (exact) mass is 406 g/mol. The Morgan fingerprint density at radius 2 is 2.11 bits per heavy atom. The Morgan fingerprint density at radius 3 is 2.85 bits per heavy atom. The Kier molecular flexibility index (Phi) is 5.31. The van der Waals surface area contributed by atoms with Gasteiger partial charge in [0, 0.05) is 24.4 Å². The lowest BCUT2D eigenvalue weighted by Gasteiger charge is -2.33. The fraction of sp³-hybridized carbons (Fsp3) is 0.632. The van der Waals surface area contributed by atoms with Gasteiger partial charge in [0.15, 0.2) is 5.16 Å². The largest absolute Gasteiger partial charge is 0.383 e. The molecule has 0 saturated carbocycles. The van der Waals surface area contributed by atoms with Crippen molar-refractivity contribution >= 4 is 45.0 Å². The number of rotatable bonds is 4. The van der Waals surface area contributed by atoms with Crippen molar-refractivity contribution in [2.45, 2.75) is 63.3 Å². The van der Waals surface area contributed by atoms with Gasteiger partial charge in [0.05, 0.1) is 23.3 Å². The number of hydrogen-bond donors (Lipinski definition) is 1. The molecule has 2 aromatic rings. The molecule has 2 aromatic heterocycles. The Labute approximate surface area is 167 Å². The van der Waals surface area contributed by atoms with Gasteiger partial charge in [-0.1, -0.05) is 18.7 Å². The van der Waals surface area contributed by atoms with Crippen molar-refractivity contribution in [1.29, 1.82) is 0 Å². The Hall–Kier alpha value is -1.38. The molecule has 1 fully saturated rings. The van der Waals surface area contributed by atoms with Crippen LogP contribution in [-0.4, -0.2) is 45.2 Å². The summed E-state index contributed by atoms with van der Waals surface area (Å²) in [6.07, 6.45) is 5.22. The van der Waals surface area contributed by atoms with Crippen LogP contribution in [0.4, 0.5) is 5.82 Å².